The summed E-state index contributed by atoms with van der Waals surface area (Å²) in [6.07, 6.45) is 1.16. The first-order chi connectivity index (χ1) is 8.78. The number of anilines is 2. The van der Waals surface area contributed by atoms with Gasteiger partial charge in [-0.3, -0.25) is 4.79 Å². The van der Waals surface area contributed by atoms with Gasteiger partial charge in [0.25, 0.3) is 0 Å². The van der Waals surface area contributed by atoms with Crippen molar-refractivity contribution >= 4 is 17.3 Å². The van der Waals surface area contributed by atoms with Gasteiger partial charge < -0.3 is 15.8 Å². The molecule has 1 amide bonds. The van der Waals surface area contributed by atoms with Crippen molar-refractivity contribution in [3.63, 3.8) is 0 Å². The fourth-order valence-corrected chi connectivity index (χ4v) is 1.60. The Labute approximate surface area is 115 Å². The first kappa shape index (κ1) is 15.5. The van der Waals surface area contributed by atoms with Crippen molar-refractivity contribution in [3.8, 4) is 0 Å². The smallest absolute Gasteiger partial charge is 0.224 e. The van der Waals surface area contributed by atoms with E-state index in [1.54, 1.807) is 6.07 Å². The highest BCUT2D eigenvalue weighted by molar-refractivity contribution is 5.91. The molecule has 1 aromatic carbocycles. The molecule has 0 aliphatic rings. The number of carbonyl (C=O) groups is 1. The summed E-state index contributed by atoms with van der Waals surface area (Å²) in [4.78, 5) is 11.8. The highest BCUT2D eigenvalue weighted by Crippen LogP contribution is 2.18. The maximum absolute atomic E-state index is 11.8. The lowest BCUT2D eigenvalue weighted by molar-refractivity contribution is -0.116. The average molecular weight is 264 g/mol. The summed E-state index contributed by atoms with van der Waals surface area (Å²) >= 11 is 0. The molecule has 0 aromatic heterocycles. The third-order valence-corrected chi connectivity index (χ3v) is 2.62. The molecule has 1 aromatic rings. The number of aryl methyl sites for hydroxylation is 1. The molecule has 0 bridgehead atoms. The minimum Gasteiger partial charge on any atom is -0.399 e. The Morgan fingerprint density at radius 1 is 1.37 bits per heavy atom. The van der Waals surface area contributed by atoms with Crippen LogP contribution in [0.2, 0.25) is 0 Å². The quantitative estimate of drug-likeness (QED) is 0.634. The molecule has 0 unspecified atom stereocenters. The Bertz CT molecular complexity index is 436. The van der Waals surface area contributed by atoms with Crippen LogP contribution in [0.3, 0.4) is 0 Å². The Kier molecular flexibility index (Phi) is 5.36. The van der Waals surface area contributed by atoms with Crippen molar-refractivity contribution in [2.24, 2.45) is 0 Å². The van der Waals surface area contributed by atoms with Crippen LogP contribution in [-0.4, -0.2) is 18.1 Å². The monoisotopic (exact) mass is 264 g/mol. The van der Waals surface area contributed by atoms with Crippen molar-refractivity contribution in [1.82, 2.24) is 0 Å². The third-order valence-electron chi connectivity index (χ3n) is 2.62. The lowest BCUT2D eigenvalue weighted by Crippen LogP contribution is -2.21. The minimum atomic E-state index is -0.152. The van der Waals surface area contributed by atoms with E-state index in [0.29, 0.717) is 25.1 Å². The fourth-order valence-electron chi connectivity index (χ4n) is 1.60. The van der Waals surface area contributed by atoms with E-state index < -0.39 is 0 Å². The van der Waals surface area contributed by atoms with Crippen molar-refractivity contribution in [3.05, 3.63) is 23.8 Å². The third kappa shape index (κ3) is 6.25. The molecule has 0 spiro atoms. The molecule has 0 aliphatic carbocycles. The number of rotatable bonds is 5. The van der Waals surface area contributed by atoms with E-state index in [0.717, 1.165) is 11.3 Å². The van der Waals surface area contributed by atoms with Gasteiger partial charge in [-0.15, -0.1) is 0 Å². The molecule has 4 nitrogen and oxygen atoms in total. The summed E-state index contributed by atoms with van der Waals surface area (Å²) < 4.78 is 5.57. The molecule has 0 saturated heterocycles. The van der Waals surface area contributed by atoms with Gasteiger partial charge in [-0.25, -0.2) is 0 Å². The number of carbonyl (C=O) groups excluding carboxylic acids is 1. The highest BCUT2D eigenvalue weighted by Gasteiger charge is 2.10. The Balaban J connectivity index is 2.37. The van der Waals surface area contributed by atoms with Gasteiger partial charge in [-0.05, 0) is 51.8 Å². The average Bonchev–Trinajstić information content (AvgIpc) is 2.28. The van der Waals surface area contributed by atoms with Crippen LogP contribution in [0.5, 0.6) is 0 Å². The first-order valence-corrected chi connectivity index (χ1v) is 6.58. The zero-order chi connectivity index (χ0) is 14.5. The summed E-state index contributed by atoms with van der Waals surface area (Å²) in [7, 11) is 0. The second kappa shape index (κ2) is 6.57. The number of nitrogens with one attached hydrogen (secondary N) is 1. The van der Waals surface area contributed by atoms with E-state index in [4.69, 9.17) is 10.5 Å². The number of benzene rings is 1. The van der Waals surface area contributed by atoms with Crippen LogP contribution in [0.15, 0.2) is 18.2 Å². The van der Waals surface area contributed by atoms with Crippen molar-refractivity contribution in [1.29, 1.82) is 0 Å². The predicted octanol–water partition coefficient (Wildman–Crippen LogP) is 3.11. The molecular weight excluding hydrogens is 240 g/mol. The molecule has 0 heterocycles. The molecule has 106 valence electrons. The van der Waals surface area contributed by atoms with Crippen LogP contribution in [-0.2, 0) is 9.53 Å². The van der Waals surface area contributed by atoms with E-state index in [1.807, 2.05) is 39.8 Å². The normalized spacial score (nSPS) is 11.4. The van der Waals surface area contributed by atoms with Gasteiger partial charge in [-0.2, -0.15) is 0 Å². The molecule has 0 saturated carbocycles. The van der Waals surface area contributed by atoms with E-state index in [2.05, 4.69) is 5.32 Å². The van der Waals surface area contributed by atoms with E-state index in [-0.39, 0.29) is 11.5 Å². The van der Waals surface area contributed by atoms with Crippen LogP contribution >= 0.6 is 0 Å². The van der Waals surface area contributed by atoms with Crippen molar-refractivity contribution in [2.45, 2.75) is 46.1 Å². The molecule has 0 aliphatic heterocycles. The van der Waals surface area contributed by atoms with E-state index >= 15 is 0 Å². The molecule has 0 fully saturated rings. The second-order valence-electron chi connectivity index (χ2n) is 5.69. The highest BCUT2D eigenvalue weighted by atomic mass is 16.5. The zero-order valence-electron chi connectivity index (χ0n) is 12.2. The van der Waals surface area contributed by atoms with E-state index in [9.17, 15) is 4.79 Å². The lowest BCUT2D eigenvalue weighted by atomic mass is 10.1. The summed E-state index contributed by atoms with van der Waals surface area (Å²) in [6.45, 7) is 8.54. The van der Waals surface area contributed by atoms with Crippen molar-refractivity contribution in [2.75, 3.05) is 17.7 Å². The van der Waals surface area contributed by atoms with Gasteiger partial charge in [0.2, 0.25) is 5.91 Å². The number of amides is 1. The van der Waals surface area contributed by atoms with Gasteiger partial charge in [0.05, 0.1) is 5.60 Å². The molecule has 4 heteroatoms. The summed E-state index contributed by atoms with van der Waals surface area (Å²) in [6, 6.07) is 5.49. The van der Waals surface area contributed by atoms with Crippen LogP contribution in [0.4, 0.5) is 11.4 Å². The molecular formula is C15H24N2O2. The lowest BCUT2D eigenvalue weighted by Gasteiger charge is -2.19. The number of nitrogen functional groups attached to an aromatic ring is 1. The Morgan fingerprint density at radius 3 is 2.68 bits per heavy atom. The van der Waals surface area contributed by atoms with Gasteiger partial charge in [-0.1, -0.05) is 6.07 Å². The molecule has 1 rings (SSSR count). The minimum absolute atomic E-state index is 0.00814. The first-order valence-electron chi connectivity index (χ1n) is 6.58. The van der Waals surface area contributed by atoms with Gasteiger partial charge in [0.15, 0.2) is 0 Å². The van der Waals surface area contributed by atoms with E-state index in [1.165, 1.54) is 0 Å². The molecule has 0 atom stereocenters. The number of hydrogen-bond acceptors (Lipinski definition) is 3. The SMILES string of the molecule is Cc1ccc(N)cc1NC(=O)CCCOC(C)(C)C. The number of ether oxygens (including phenoxy) is 1. The standard InChI is InChI=1S/C15H24N2O2/c1-11-7-8-12(16)10-13(11)17-14(18)6-5-9-19-15(2,3)4/h7-8,10H,5-6,9,16H2,1-4H3,(H,17,18). The maximum atomic E-state index is 11.8. The van der Waals surface area contributed by atoms with Gasteiger partial charge >= 0.3 is 0 Å². The topological polar surface area (TPSA) is 64.3 Å². The van der Waals surface area contributed by atoms with Gasteiger partial charge in [0.1, 0.15) is 0 Å². The van der Waals surface area contributed by atoms with Crippen LogP contribution in [0.25, 0.3) is 0 Å². The maximum Gasteiger partial charge on any atom is 0.224 e. The summed E-state index contributed by atoms with van der Waals surface area (Å²) in [5, 5.41) is 2.87. The molecule has 3 N–H and O–H groups in total. The second-order valence-corrected chi connectivity index (χ2v) is 5.69. The number of hydrogen-bond donors (Lipinski definition) is 2. The molecule has 0 radical (unpaired) electrons. The number of nitrogens with two attached hydrogens (primary N) is 1. The summed E-state index contributed by atoms with van der Waals surface area (Å²) in [5.74, 6) is -0.00814. The predicted molar refractivity (Wildman–Crippen MR) is 79.2 cm³/mol. The largest absolute Gasteiger partial charge is 0.399 e. The Morgan fingerprint density at radius 2 is 2.05 bits per heavy atom. The van der Waals surface area contributed by atoms with Crippen molar-refractivity contribution < 1.29 is 9.53 Å². The summed E-state index contributed by atoms with van der Waals surface area (Å²) in [5.41, 5.74) is 7.99. The fraction of sp³-hybridized carbons (Fsp3) is 0.533. The van der Waals surface area contributed by atoms with Gasteiger partial charge in [0, 0.05) is 24.4 Å². The Hall–Kier alpha value is -1.55. The molecule has 19 heavy (non-hydrogen) atoms. The zero-order valence-corrected chi connectivity index (χ0v) is 12.2. The van der Waals surface area contributed by atoms with Crippen LogP contribution in [0, 0.1) is 6.92 Å². The van der Waals surface area contributed by atoms with Crippen LogP contribution < -0.4 is 11.1 Å². The van der Waals surface area contributed by atoms with Crippen LogP contribution in [0.1, 0.15) is 39.2 Å².